The summed E-state index contributed by atoms with van der Waals surface area (Å²) in [6.45, 7) is 4.57. The molecule has 130 valence electrons. The number of para-hydroxylation sites is 2. The molecule has 1 fully saturated rings. The summed E-state index contributed by atoms with van der Waals surface area (Å²) in [6, 6.07) is 10.2. The molecule has 0 saturated heterocycles. The first kappa shape index (κ1) is 15.9. The fourth-order valence-corrected chi connectivity index (χ4v) is 3.39. The van der Waals surface area contributed by atoms with Crippen LogP contribution in [0.25, 0.3) is 11.0 Å². The van der Waals surface area contributed by atoms with Gasteiger partial charge < -0.3 is 9.88 Å². The van der Waals surface area contributed by atoms with Crippen LogP contribution in [0.15, 0.2) is 30.3 Å². The Kier molecular flexibility index (Phi) is 3.82. The number of nitrogens with one attached hydrogen (secondary N) is 1. The van der Waals surface area contributed by atoms with E-state index < -0.39 is 0 Å². The fraction of sp³-hybridized carbons (Fsp3) is 0.421. The zero-order chi connectivity index (χ0) is 17.6. The van der Waals surface area contributed by atoms with Gasteiger partial charge in [0.1, 0.15) is 11.5 Å². The first-order valence-electron chi connectivity index (χ1n) is 8.79. The van der Waals surface area contributed by atoms with Gasteiger partial charge in [0.05, 0.1) is 23.6 Å². The summed E-state index contributed by atoms with van der Waals surface area (Å²) in [5, 5.41) is 7.47. The predicted octanol–water partition coefficient (Wildman–Crippen LogP) is 2.98. The molecule has 2 heterocycles. The second-order valence-corrected chi connectivity index (χ2v) is 6.95. The van der Waals surface area contributed by atoms with E-state index >= 15 is 0 Å². The summed E-state index contributed by atoms with van der Waals surface area (Å²) >= 11 is 0. The van der Waals surface area contributed by atoms with Crippen molar-refractivity contribution in [3.8, 4) is 0 Å². The molecule has 1 N–H and O–H groups in total. The van der Waals surface area contributed by atoms with Crippen LogP contribution in [0.2, 0.25) is 0 Å². The molecular weight excluding hydrogens is 314 g/mol. The largest absolute Gasteiger partial charge is 0.343 e. The van der Waals surface area contributed by atoms with E-state index in [2.05, 4.69) is 22.3 Å². The maximum Gasteiger partial charge on any atom is 0.272 e. The van der Waals surface area contributed by atoms with Gasteiger partial charge in [0, 0.05) is 12.7 Å². The average molecular weight is 337 g/mol. The van der Waals surface area contributed by atoms with E-state index in [1.807, 2.05) is 53.6 Å². The first-order chi connectivity index (χ1) is 12.0. The molecule has 1 aromatic carbocycles. The Hall–Kier alpha value is -2.63. The van der Waals surface area contributed by atoms with Gasteiger partial charge >= 0.3 is 0 Å². The molecule has 0 radical (unpaired) electrons. The van der Waals surface area contributed by atoms with Crippen molar-refractivity contribution >= 4 is 16.9 Å². The van der Waals surface area contributed by atoms with Crippen molar-refractivity contribution in [1.82, 2.24) is 24.6 Å². The molecule has 0 unspecified atom stereocenters. The van der Waals surface area contributed by atoms with Gasteiger partial charge in [-0.2, -0.15) is 5.10 Å². The molecule has 3 aromatic rings. The second-order valence-electron chi connectivity index (χ2n) is 6.95. The van der Waals surface area contributed by atoms with Crippen molar-refractivity contribution in [3.63, 3.8) is 0 Å². The summed E-state index contributed by atoms with van der Waals surface area (Å²) in [4.78, 5) is 17.1. The monoisotopic (exact) mass is 337 g/mol. The highest BCUT2D eigenvalue weighted by Gasteiger charge is 2.30. The Morgan fingerprint density at radius 3 is 2.84 bits per heavy atom. The zero-order valence-electron chi connectivity index (χ0n) is 14.9. The van der Waals surface area contributed by atoms with Gasteiger partial charge in [-0.1, -0.05) is 12.1 Å². The molecule has 0 aliphatic heterocycles. The Morgan fingerprint density at radius 1 is 1.36 bits per heavy atom. The maximum atomic E-state index is 12.5. The van der Waals surface area contributed by atoms with Crippen LogP contribution >= 0.6 is 0 Å². The third-order valence-corrected chi connectivity index (χ3v) is 5.13. The van der Waals surface area contributed by atoms with Gasteiger partial charge in [0.15, 0.2) is 0 Å². The average Bonchev–Trinajstić information content (AvgIpc) is 3.32. The van der Waals surface area contributed by atoms with E-state index in [4.69, 9.17) is 0 Å². The molecule has 1 atom stereocenters. The fourth-order valence-electron chi connectivity index (χ4n) is 3.39. The predicted molar refractivity (Wildman–Crippen MR) is 96.3 cm³/mol. The van der Waals surface area contributed by atoms with E-state index in [1.54, 1.807) is 0 Å². The van der Waals surface area contributed by atoms with Crippen LogP contribution < -0.4 is 5.32 Å². The third kappa shape index (κ3) is 2.92. The van der Waals surface area contributed by atoms with E-state index in [0.29, 0.717) is 24.2 Å². The normalized spacial score (nSPS) is 15.5. The highest BCUT2D eigenvalue weighted by Crippen LogP contribution is 2.39. The van der Waals surface area contributed by atoms with E-state index in [9.17, 15) is 4.79 Å². The summed E-state index contributed by atoms with van der Waals surface area (Å²) in [5.41, 5.74) is 3.51. The number of hydrogen-bond donors (Lipinski definition) is 1. The van der Waals surface area contributed by atoms with E-state index in [1.165, 1.54) is 12.8 Å². The number of imidazole rings is 1. The summed E-state index contributed by atoms with van der Waals surface area (Å²) in [5.74, 6) is 1.38. The molecule has 0 bridgehead atoms. The number of hydrogen-bond acceptors (Lipinski definition) is 3. The molecule has 2 aromatic heterocycles. The Bertz CT molecular complexity index is 935. The van der Waals surface area contributed by atoms with Gasteiger partial charge in [0.2, 0.25) is 0 Å². The van der Waals surface area contributed by atoms with Gasteiger partial charge in [-0.3, -0.25) is 9.48 Å². The molecule has 1 amide bonds. The van der Waals surface area contributed by atoms with E-state index in [-0.39, 0.29) is 5.91 Å². The molecular formula is C19H23N5O. The number of nitrogens with zero attached hydrogens (tertiary/aromatic N) is 4. The van der Waals surface area contributed by atoms with Gasteiger partial charge in [-0.25, -0.2) is 4.98 Å². The van der Waals surface area contributed by atoms with Crippen LogP contribution in [0.4, 0.5) is 0 Å². The SMILES string of the molecule is Cc1cc(C(=O)NCc2nc3ccccc3n2C)nn1[C@H](C)C1CC1. The zero-order valence-corrected chi connectivity index (χ0v) is 14.9. The number of fused-ring (bicyclic) bond motifs is 1. The second kappa shape index (κ2) is 6.02. The number of rotatable bonds is 5. The molecule has 1 saturated carbocycles. The highest BCUT2D eigenvalue weighted by molar-refractivity contribution is 5.92. The lowest BCUT2D eigenvalue weighted by Gasteiger charge is -2.12. The van der Waals surface area contributed by atoms with Crippen molar-refractivity contribution < 1.29 is 4.79 Å². The third-order valence-electron chi connectivity index (χ3n) is 5.13. The number of carbonyl (C=O) groups is 1. The van der Waals surface area contributed by atoms with Gasteiger partial charge in [0.25, 0.3) is 5.91 Å². The minimum atomic E-state index is -0.156. The van der Waals surface area contributed by atoms with Gasteiger partial charge in [-0.05, 0) is 50.8 Å². The van der Waals surface area contributed by atoms with Crippen LogP contribution in [0.5, 0.6) is 0 Å². The van der Waals surface area contributed by atoms with Crippen molar-refractivity contribution in [2.24, 2.45) is 13.0 Å². The van der Waals surface area contributed by atoms with Crippen LogP contribution in [-0.2, 0) is 13.6 Å². The molecule has 6 heteroatoms. The number of amides is 1. The lowest BCUT2D eigenvalue weighted by Crippen LogP contribution is -2.25. The number of aryl methyl sites for hydroxylation is 2. The smallest absolute Gasteiger partial charge is 0.272 e. The van der Waals surface area contributed by atoms with Crippen molar-refractivity contribution in [2.45, 2.75) is 39.3 Å². The Labute approximate surface area is 146 Å². The summed E-state index contributed by atoms with van der Waals surface area (Å²) in [6.07, 6.45) is 2.52. The van der Waals surface area contributed by atoms with Crippen LogP contribution in [0.1, 0.15) is 47.8 Å². The highest BCUT2D eigenvalue weighted by atomic mass is 16.1. The molecule has 0 spiro atoms. The minimum Gasteiger partial charge on any atom is -0.343 e. The van der Waals surface area contributed by atoms with Crippen LogP contribution in [0, 0.1) is 12.8 Å². The molecule has 1 aliphatic rings. The molecule has 6 nitrogen and oxygen atoms in total. The standard InChI is InChI=1S/C19H23N5O/c1-12-10-16(22-24(12)13(2)14-8-9-14)19(25)20-11-18-21-15-6-4-5-7-17(15)23(18)3/h4-7,10,13-14H,8-9,11H2,1-3H3,(H,20,25)/t13-/m1/s1. The lowest BCUT2D eigenvalue weighted by atomic mass is 10.2. The topological polar surface area (TPSA) is 64.7 Å². The van der Waals surface area contributed by atoms with Crippen LogP contribution in [0.3, 0.4) is 0 Å². The first-order valence-corrected chi connectivity index (χ1v) is 8.79. The van der Waals surface area contributed by atoms with Crippen LogP contribution in [-0.4, -0.2) is 25.2 Å². The number of carbonyl (C=O) groups excluding carboxylic acids is 1. The summed E-state index contributed by atoms with van der Waals surface area (Å²) in [7, 11) is 1.97. The summed E-state index contributed by atoms with van der Waals surface area (Å²) < 4.78 is 4.00. The van der Waals surface area contributed by atoms with Crippen molar-refractivity contribution in [1.29, 1.82) is 0 Å². The molecule has 4 rings (SSSR count). The van der Waals surface area contributed by atoms with Crippen molar-refractivity contribution in [3.05, 3.63) is 47.5 Å². The molecule has 25 heavy (non-hydrogen) atoms. The Morgan fingerprint density at radius 2 is 2.12 bits per heavy atom. The van der Waals surface area contributed by atoms with Gasteiger partial charge in [-0.15, -0.1) is 0 Å². The quantitative estimate of drug-likeness (QED) is 0.778. The lowest BCUT2D eigenvalue weighted by molar-refractivity contribution is 0.0943. The molecule has 1 aliphatic carbocycles. The Balaban J connectivity index is 1.48. The van der Waals surface area contributed by atoms with E-state index in [0.717, 1.165) is 22.6 Å². The maximum absolute atomic E-state index is 12.5. The van der Waals surface area contributed by atoms with Crippen molar-refractivity contribution in [2.75, 3.05) is 0 Å². The number of benzene rings is 1. The number of aromatic nitrogens is 4. The minimum absolute atomic E-state index is 0.156.